The predicted molar refractivity (Wildman–Crippen MR) is 87.4 cm³/mol. The summed E-state index contributed by atoms with van der Waals surface area (Å²) in [5.41, 5.74) is 1.90. The van der Waals surface area contributed by atoms with Gasteiger partial charge in [0.2, 0.25) is 5.91 Å². The second-order valence-corrected chi connectivity index (χ2v) is 6.62. The van der Waals surface area contributed by atoms with Crippen LogP contribution in [0.3, 0.4) is 0 Å². The number of carbonyl (C=O) groups is 1. The van der Waals surface area contributed by atoms with E-state index in [1.807, 2.05) is 19.9 Å². The molecule has 0 atom stereocenters. The molecule has 1 fully saturated rings. The van der Waals surface area contributed by atoms with E-state index in [4.69, 9.17) is 0 Å². The molecule has 1 saturated heterocycles. The van der Waals surface area contributed by atoms with Crippen molar-refractivity contribution in [2.45, 2.75) is 39.8 Å². The number of hydrogen-bond acceptors (Lipinski definition) is 3. The van der Waals surface area contributed by atoms with Gasteiger partial charge in [-0.1, -0.05) is 32.0 Å². The molecule has 116 valence electrons. The van der Waals surface area contributed by atoms with Gasteiger partial charge in [-0.2, -0.15) is 0 Å². The van der Waals surface area contributed by atoms with Crippen LogP contribution in [0.4, 0.5) is 5.69 Å². The standard InChI is InChI=1S/C17H27N3O/c1-13(2)11-18-12-14-7-5-6-8-15(14)20-10-9-19-16(21)17(20,3)4/h5-8,13,18H,9-12H2,1-4H3,(H,19,21). The van der Waals surface area contributed by atoms with Crippen LogP contribution in [-0.4, -0.2) is 31.1 Å². The lowest BCUT2D eigenvalue weighted by atomic mass is 9.96. The van der Waals surface area contributed by atoms with Crippen molar-refractivity contribution in [3.8, 4) is 0 Å². The molecule has 21 heavy (non-hydrogen) atoms. The quantitative estimate of drug-likeness (QED) is 0.873. The van der Waals surface area contributed by atoms with Crippen molar-refractivity contribution in [1.29, 1.82) is 0 Å². The van der Waals surface area contributed by atoms with Crippen LogP contribution in [-0.2, 0) is 11.3 Å². The van der Waals surface area contributed by atoms with Crippen LogP contribution in [0, 0.1) is 5.92 Å². The molecule has 0 radical (unpaired) electrons. The molecule has 0 spiro atoms. The van der Waals surface area contributed by atoms with E-state index >= 15 is 0 Å². The number of nitrogens with one attached hydrogen (secondary N) is 2. The second kappa shape index (κ2) is 6.48. The van der Waals surface area contributed by atoms with Gasteiger partial charge in [-0.3, -0.25) is 4.79 Å². The fraction of sp³-hybridized carbons (Fsp3) is 0.588. The summed E-state index contributed by atoms with van der Waals surface area (Å²) in [7, 11) is 0. The normalized spacial score (nSPS) is 18.0. The van der Waals surface area contributed by atoms with E-state index in [0.29, 0.717) is 12.5 Å². The minimum Gasteiger partial charge on any atom is -0.355 e. The lowest BCUT2D eigenvalue weighted by molar-refractivity contribution is -0.126. The maximum Gasteiger partial charge on any atom is 0.245 e. The van der Waals surface area contributed by atoms with Gasteiger partial charge in [-0.15, -0.1) is 0 Å². The average Bonchev–Trinajstić information content (AvgIpc) is 2.42. The number of anilines is 1. The Hall–Kier alpha value is -1.55. The van der Waals surface area contributed by atoms with E-state index < -0.39 is 5.54 Å². The SMILES string of the molecule is CC(C)CNCc1ccccc1N1CCNC(=O)C1(C)C. The van der Waals surface area contributed by atoms with Crippen molar-refractivity contribution >= 4 is 11.6 Å². The molecule has 0 bridgehead atoms. The van der Waals surface area contributed by atoms with Gasteiger partial charge in [-0.25, -0.2) is 0 Å². The number of piperazine rings is 1. The van der Waals surface area contributed by atoms with E-state index in [-0.39, 0.29) is 5.91 Å². The van der Waals surface area contributed by atoms with Gasteiger partial charge in [0.1, 0.15) is 5.54 Å². The zero-order valence-electron chi connectivity index (χ0n) is 13.6. The van der Waals surface area contributed by atoms with Crippen LogP contribution >= 0.6 is 0 Å². The first-order chi connectivity index (χ1) is 9.93. The summed E-state index contributed by atoms with van der Waals surface area (Å²) in [4.78, 5) is 14.4. The first-order valence-electron chi connectivity index (χ1n) is 7.77. The smallest absolute Gasteiger partial charge is 0.245 e. The summed E-state index contributed by atoms with van der Waals surface area (Å²) in [5, 5.41) is 6.45. The lowest BCUT2D eigenvalue weighted by Gasteiger charge is -2.43. The summed E-state index contributed by atoms with van der Waals surface area (Å²) in [6, 6.07) is 8.37. The molecular weight excluding hydrogens is 262 g/mol. The maximum absolute atomic E-state index is 12.1. The van der Waals surface area contributed by atoms with E-state index in [1.165, 1.54) is 5.56 Å². The molecule has 0 aliphatic carbocycles. The highest BCUT2D eigenvalue weighted by molar-refractivity contribution is 5.90. The van der Waals surface area contributed by atoms with Gasteiger partial charge in [-0.05, 0) is 37.9 Å². The molecule has 1 heterocycles. The maximum atomic E-state index is 12.1. The van der Waals surface area contributed by atoms with Crippen molar-refractivity contribution in [1.82, 2.24) is 10.6 Å². The summed E-state index contributed by atoms with van der Waals surface area (Å²) in [6.07, 6.45) is 0. The van der Waals surface area contributed by atoms with Gasteiger partial charge in [0, 0.05) is 25.3 Å². The third-order valence-electron chi connectivity index (χ3n) is 4.00. The van der Waals surface area contributed by atoms with E-state index in [9.17, 15) is 4.79 Å². The third kappa shape index (κ3) is 3.56. The van der Waals surface area contributed by atoms with Gasteiger partial charge < -0.3 is 15.5 Å². The molecule has 1 aromatic rings. The molecule has 1 aliphatic rings. The van der Waals surface area contributed by atoms with Gasteiger partial charge in [0.15, 0.2) is 0 Å². The average molecular weight is 289 g/mol. The molecule has 2 rings (SSSR count). The zero-order chi connectivity index (χ0) is 15.5. The molecule has 1 amide bonds. The molecule has 1 aromatic carbocycles. The summed E-state index contributed by atoms with van der Waals surface area (Å²) < 4.78 is 0. The fourth-order valence-corrected chi connectivity index (χ4v) is 2.74. The molecule has 0 unspecified atom stereocenters. The molecule has 2 N–H and O–H groups in total. The highest BCUT2D eigenvalue weighted by Gasteiger charge is 2.38. The van der Waals surface area contributed by atoms with Crippen molar-refractivity contribution in [2.24, 2.45) is 5.92 Å². The van der Waals surface area contributed by atoms with Crippen LogP contribution in [0.15, 0.2) is 24.3 Å². The monoisotopic (exact) mass is 289 g/mol. The Labute approximate surface area is 127 Å². The number of para-hydroxylation sites is 1. The molecule has 4 heteroatoms. The minimum atomic E-state index is -0.508. The predicted octanol–water partition coefficient (Wildman–Crippen LogP) is 2.15. The van der Waals surface area contributed by atoms with Crippen LogP contribution in [0.1, 0.15) is 33.3 Å². The Kier molecular flexibility index (Phi) is 4.88. The summed E-state index contributed by atoms with van der Waals surface area (Å²) in [5.74, 6) is 0.730. The van der Waals surface area contributed by atoms with Crippen molar-refractivity contribution in [3.63, 3.8) is 0 Å². The molecule has 1 aliphatic heterocycles. The highest BCUT2D eigenvalue weighted by atomic mass is 16.2. The molecule has 4 nitrogen and oxygen atoms in total. The summed E-state index contributed by atoms with van der Waals surface area (Å²) >= 11 is 0. The minimum absolute atomic E-state index is 0.0960. The van der Waals surface area contributed by atoms with E-state index in [1.54, 1.807) is 0 Å². The number of rotatable bonds is 5. The first-order valence-corrected chi connectivity index (χ1v) is 7.77. The lowest BCUT2D eigenvalue weighted by Crippen LogP contribution is -2.62. The Balaban J connectivity index is 2.20. The largest absolute Gasteiger partial charge is 0.355 e. The topological polar surface area (TPSA) is 44.4 Å². The van der Waals surface area contributed by atoms with Crippen molar-refractivity contribution in [2.75, 3.05) is 24.5 Å². The van der Waals surface area contributed by atoms with Crippen LogP contribution in [0.2, 0.25) is 0 Å². The van der Waals surface area contributed by atoms with Crippen LogP contribution in [0.25, 0.3) is 0 Å². The Morgan fingerprint density at radius 1 is 1.33 bits per heavy atom. The summed E-state index contributed by atoms with van der Waals surface area (Å²) in [6.45, 7) is 11.8. The number of carbonyl (C=O) groups excluding carboxylic acids is 1. The Morgan fingerprint density at radius 2 is 2.05 bits per heavy atom. The van der Waals surface area contributed by atoms with E-state index in [2.05, 4.69) is 47.6 Å². The number of nitrogens with zero attached hydrogens (tertiary/aromatic N) is 1. The first kappa shape index (κ1) is 15.8. The molecular formula is C17H27N3O. The Morgan fingerprint density at radius 3 is 2.76 bits per heavy atom. The van der Waals surface area contributed by atoms with Crippen LogP contribution < -0.4 is 15.5 Å². The second-order valence-electron chi connectivity index (χ2n) is 6.62. The number of amides is 1. The molecule has 0 aromatic heterocycles. The van der Waals surface area contributed by atoms with Crippen molar-refractivity contribution < 1.29 is 4.79 Å². The fourth-order valence-electron chi connectivity index (χ4n) is 2.74. The van der Waals surface area contributed by atoms with E-state index in [0.717, 1.165) is 25.3 Å². The van der Waals surface area contributed by atoms with Crippen molar-refractivity contribution in [3.05, 3.63) is 29.8 Å². The van der Waals surface area contributed by atoms with Crippen LogP contribution in [0.5, 0.6) is 0 Å². The molecule has 0 saturated carbocycles. The number of hydrogen-bond donors (Lipinski definition) is 2. The van der Waals surface area contributed by atoms with Gasteiger partial charge in [0.25, 0.3) is 0 Å². The zero-order valence-corrected chi connectivity index (χ0v) is 13.6. The van der Waals surface area contributed by atoms with Gasteiger partial charge in [0.05, 0.1) is 0 Å². The highest BCUT2D eigenvalue weighted by Crippen LogP contribution is 2.29. The Bertz CT molecular complexity index is 497. The number of benzene rings is 1. The third-order valence-corrected chi connectivity index (χ3v) is 4.00. The van der Waals surface area contributed by atoms with Gasteiger partial charge >= 0.3 is 0 Å².